The first-order valence-electron chi connectivity index (χ1n) is 8.12. The van der Waals surface area contributed by atoms with E-state index >= 15 is 0 Å². The van der Waals surface area contributed by atoms with Crippen LogP contribution in [-0.4, -0.2) is 36.2 Å². The van der Waals surface area contributed by atoms with Gasteiger partial charge in [-0.3, -0.25) is 9.88 Å². The number of pyridine rings is 1. The Morgan fingerprint density at radius 1 is 0.870 bits per heavy atom. The third kappa shape index (κ3) is 3.26. The molecule has 0 unspecified atom stereocenters. The topological polar surface area (TPSA) is 25.4 Å². The Bertz CT molecular complexity index is 792. The van der Waals surface area contributed by atoms with Crippen molar-refractivity contribution in [3.8, 4) is 11.1 Å². The molecule has 4 rings (SSSR count). The number of ether oxygens (including phenoxy) is 1. The van der Waals surface area contributed by atoms with Gasteiger partial charge in [0.15, 0.2) is 0 Å². The quantitative estimate of drug-likeness (QED) is 0.737. The van der Waals surface area contributed by atoms with Crippen LogP contribution in [0.3, 0.4) is 0 Å². The van der Waals surface area contributed by atoms with Gasteiger partial charge in [-0.1, -0.05) is 36.4 Å². The van der Waals surface area contributed by atoms with E-state index in [0.717, 1.165) is 32.8 Å². The first-order valence-corrected chi connectivity index (χ1v) is 8.12. The molecule has 1 fully saturated rings. The van der Waals surface area contributed by atoms with Crippen molar-refractivity contribution in [2.45, 2.75) is 6.54 Å². The van der Waals surface area contributed by atoms with Crippen LogP contribution >= 0.6 is 0 Å². The highest BCUT2D eigenvalue weighted by molar-refractivity contribution is 5.86. The van der Waals surface area contributed by atoms with Crippen LogP contribution in [0.4, 0.5) is 0 Å². The molecule has 2 aromatic carbocycles. The molecule has 1 saturated heterocycles. The molecule has 0 amide bonds. The summed E-state index contributed by atoms with van der Waals surface area (Å²) >= 11 is 0. The molecule has 0 spiro atoms. The Hall–Kier alpha value is -2.23. The van der Waals surface area contributed by atoms with Crippen molar-refractivity contribution in [3.63, 3.8) is 0 Å². The maximum Gasteiger partial charge on any atom is 0.0594 e. The van der Waals surface area contributed by atoms with Crippen molar-refractivity contribution in [2.24, 2.45) is 0 Å². The second-order valence-corrected chi connectivity index (χ2v) is 6.02. The molecule has 116 valence electrons. The zero-order valence-corrected chi connectivity index (χ0v) is 13.1. The van der Waals surface area contributed by atoms with E-state index in [4.69, 9.17) is 4.74 Å². The van der Waals surface area contributed by atoms with Crippen molar-refractivity contribution >= 4 is 10.8 Å². The number of nitrogens with zero attached hydrogens (tertiary/aromatic N) is 2. The van der Waals surface area contributed by atoms with Gasteiger partial charge in [-0.05, 0) is 34.2 Å². The molecule has 2 heterocycles. The third-order valence-corrected chi connectivity index (χ3v) is 4.44. The summed E-state index contributed by atoms with van der Waals surface area (Å²) in [5, 5.41) is 2.41. The fraction of sp³-hybridized carbons (Fsp3) is 0.250. The lowest BCUT2D eigenvalue weighted by atomic mass is 10.0. The van der Waals surface area contributed by atoms with E-state index in [9.17, 15) is 0 Å². The summed E-state index contributed by atoms with van der Waals surface area (Å²) in [5.74, 6) is 0. The van der Waals surface area contributed by atoms with Crippen LogP contribution < -0.4 is 0 Å². The molecule has 3 heteroatoms. The second-order valence-electron chi connectivity index (χ2n) is 6.02. The molecule has 0 atom stereocenters. The van der Waals surface area contributed by atoms with E-state index in [-0.39, 0.29) is 0 Å². The smallest absolute Gasteiger partial charge is 0.0594 e. The molecular formula is C20H20N2O. The summed E-state index contributed by atoms with van der Waals surface area (Å²) in [4.78, 5) is 6.66. The lowest BCUT2D eigenvalue weighted by Gasteiger charge is -2.26. The molecule has 0 radical (unpaired) electrons. The van der Waals surface area contributed by atoms with Gasteiger partial charge in [-0.15, -0.1) is 0 Å². The number of aromatic nitrogens is 1. The van der Waals surface area contributed by atoms with Crippen molar-refractivity contribution in [2.75, 3.05) is 26.3 Å². The summed E-state index contributed by atoms with van der Waals surface area (Å²) in [7, 11) is 0. The average molecular weight is 304 g/mol. The summed E-state index contributed by atoms with van der Waals surface area (Å²) in [5.41, 5.74) is 3.85. The van der Waals surface area contributed by atoms with Crippen molar-refractivity contribution < 1.29 is 4.74 Å². The zero-order chi connectivity index (χ0) is 15.5. The van der Waals surface area contributed by atoms with Gasteiger partial charge in [0.25, 0.3) is 0 Å². The number of hydrogen-bond donors (Lipinski definition) is 0. The first-order chi connectivity index (χ1) is 11.4. The van der Waals surface area contributed by atoms with Crippen LogP contribution in [-0.2, 0) is 11.3 Å². The fourth-order valence-corrected chi connectivity index (χ4v) is 3.08. The fourth-order valence-electron chi connectivity index (χ4n) is 3.08. The van der Waals surface area contributed by atoms with Crippen LogP contribution in [0.2, 0.25) is 0 Å². The van der Waals surface area contributed by atoms with Crippen molar-refractivity contribution in [3.05, 3.63) is 66.5 Å². The number of morpholine rings is 1. The monoisotopic (exact) mass is 304 g/mol. The SMILES string of the molecule is c1cc2ccc(-c3ccc(CN4CCOCC4)cc3)cc2cn1. The van der Waals surface area contributed by atoms with Gasteiger partial charge >= 0.3 is 0 Å². The maximum atomic E-state index is 5.40. The minimum Gasteiger partial charge on any atom is -0.379 e. The van der Waals surface area contributed by atoms with Gasteiger partial charge in [0.2, 0.25) is 0 Å². The molecule has 3 aromatic rings. The van der Waals surface area contributed by atoms with Crippen LogP contribution in [0, 0.1) is 0 Å². The van der Waals surface area contributed by atoms with Gasteiger partial charge in [-0.2, -0.15) is 0 Å². The molecule has 23 heavy (non-hydrogen) atoms. The summed E-state index contributed by atoms with van der Waals surface area (Å²) in [6, 6.07) is 17.5. The van der Waals surface area contributed by atoms with Crippen LogP contribution in [0.25, 0.3) is 21.9 Å². The van der Waals surface area contributed by atoms with Crippen molar-refractivity contribution in [1.82, 2.24) is 9.88 Å². The zero-order valence-electron chi connectivity index (χ0n) is 13.1. The number of fused-ring (bicyclic) bond motifs is 1. The molecule has 3 nitrogen and oxygen atoms in total. The average Bonchev–Trinajstić information content (AvgIpc) is 2.63. The summed E-state index contributed by atoms with van der Waals surface area (Å²) < 4.78 is 5.40. The Labute approximate surface area is 136 Å². The first kappa shape index (κ1) is 14.4. The van der Waals surface area contributed by atoms with E-state index in [1.165, 1.54) is 27.5 Å². The third-order valence-electron chi connectivity index (χ3n) is 4.44. The number of benzene rings is 2. The molecule has 0 saturated carbocycles. The van der Waals surface area contributed by atoms with Gasteiger partial charge in [0.05, 0.1) is 13.2 Å². The summed E-state index contributed by atoms with van der Waals surface area (Å²) in [6.07, 6.45) is 3.76. The standard InChI is InChI=1S/C20H20N2O/c1-3-17(4-2-16(1)15-22-9-11-23-12-10-22)19-6-5-18-7-8-21-14-20(18)13-19/h1-8,13-14H,9-12,15H2. The van der Waals surface area contributed by atoms with Gasteiger partial charge in [0, 0.05) is 37.4 Å². The Balaban J connectivity index is 1.54. The number of hydrogen-bond acceptors (Lipinski definition) is 3. The van der Waals surface area contributed by atoms with E-state index < -0.39 is 0 Å². The lowest BCUT2D eigenvalue weighted by molar-refractivity contribution is 0.0342. The highest BCUT2D eigenvalue weighted by atomic mass is 16.5. The second kappa shape index (κ2) is 6.49. The normalized spacial score (nSPS) is 15.8. The van der Waals surface area contributed by atoms with Gasteiger partial charge < -0.3 is 4.74 Å². The Morgan fingerprint density at radius 3 is 2.48 bits per heavy atom. The minimum absolute atomic E-state index is 0.850. The molecule has 0 bridgehead atoms. The molecule has 1 aliphatic heterocycles. The lowest BCUT2D eigenvalue weighted by Crippen LogP contribution is -2.35. The molecule has 0 aliphatic carbocycles. The van der Waals surface area contributed by atoms with Crippen LogP contribution in [0.1, 0.15) is 5.56 Å². The highest BCUT2D eigenvalue weighted by Crippen LogP contribution is 2.24. The molecular weight excluding hydrogens is 284 g/mol. The van der Waals surface area contributed by atoms with E-state index in [1.54, 1.807) is 0 Å². The molecule has 1 aromatic heterocycles. The number of rotatable bonds is 3. The largest absolute Gasteiger partial charge is 0.379 e. The predicted octanol–water partition coefficient (Wildman–Crippen LogP) is 3.73. The highest BCUT2D eigenvalue weighted by Gasteiger charge is 2.10. The molecule has 1 aliphatic rings. The van der Waals surface area contributed by atoms with Gasteiger partial charge in [-0.25, -0.2) is 0 Å². The van der Waals surface area contributed by atoms with E-state index in [2.05, 4.69) is 52.3 Å². The Morgan fingerprint density at radius 2 is 1.65 bits per heavy atom. The van der Waals surface area contributed by atoms with Crippen molar-refractivity contribution in [1.29, 1.82) is 0 Å². The van der Waals surface area contributed by atoms with E-state index in [0.29, 0.717) is 0 Å². The predicted molar refractivity (Wildman–Crippen MR) is 93.3 cm³/mol. The molecule has 0 N–H and O–H groups in total. The summed E-state index contributed by atoms with van der Waals surface area (Å²) in [6.45, 7) is 4.76. The Kier molecular flexibility index (Phi) is 4.05. The van der Waals surface area contributed by atoms with E-state index in [1.807, 2.05) is 18.5 Å². The van der Waals surface area contributed by atoms with Crippen LogP contribution in [0.5, 0.6) is 0 Å². The minimum atomic E-state index is 0.850. The van der Waals surface area contributed by atoms with Crippen LogP contribution in [0.15, 0.2) is 60.9 Å². The van der Waals surface area contributed by atoms with Gasteiger partial charge in [0.1, 0.15) is 0 Å². The maximum absolute atomic E-state index is 5.40.